The average molecular weight is 226 g/mol. The van der Waals surface area contributed by atoms with Crippen molar-refractivity contribution in [2.45, 2.75) is 87.0 Å². The van der Waals surface area contributed by atoms with Crippen LogP contribution in [0.5, 0.6) is 0 Å². The third-order valence-electron chi connectivity index (χ3n) is 3.39. The molecule has 1 atom stereocenters. The van der Waals surface area contributed by atoms with Crippen molar-refractivity contribution in [2.75, 3.05) is 0 Å². The Morgan fingerprint density at radius 1 is 0.938 bits per heavy atom. The Morgan fingerprint density at radius 2 is 1.50 bits per heavy atom. The fraction of sp³-hybridized carbons (Fsp3) is 1.00. The lowest BCUT2D eigenvalue weighted by Gasteiger charge is -2.35. The van der Waals surface area contributed by atoms with Crippen molar-refractivity contribution in [1.29, 1.82) is 0 Å². The van der Waals surface area contributed by atoms with E-state index in [0.717, 1.165) is 5.92 Å². The molecule has 0 N–H and O–H groups in total. The zero-order valence-electron chi connectivity index (χ0n) is 12.8. The van der Waals surface area contributed by atoms with Crippen molar-refractivity contribution in [3.63, 3.8) is 0 Å². The van der Waals surface area contributed by atoms with Crippen LogP contribution in [0.1, 0.15) is 87.0 Å². The lowest BCUT2D eigenvalue weighted by Crippen LogP contribution is -2.23. The van der Waals surface area contributed by atoms with Gasteiger partial charge in [0.2, 0.25) is 0 Å². The van der Waals surface area contributed by atoms with Crippen LogP contribution >= 0.6 is 0 Å². The minimum atomic E-state index is 0.465. The third-order valence-corrected chi connectivity index (χ3v) is 3.39. The molecule has 0 amide bonds. The molecule has 0 heterocycles. The van der Waals surface area contributed by atoms with Crippen LogP contribution in [-0.2, 0) is 0 Å². The highest BCUT2D eigenvalue weighted by Gasteiger charge is 2.27. The maximum absolute atomic E-state index is 2.45. The van der Waals surface area contributed by atoms with Crippen molar-refractivity contribution in [3.8, 4) is 0 Å². The monoisotopic (exact) mass is 226 g/mol. The second-order valence-electron chi connectivity index (χ2n) is 7.52. The zero-order chi connectivity index (χ0) is 12.8. The Bertz CT molecular complexity index is 171. The Balaban J connectivity index is 4.19. The second-order valence-corrected chi connectivity index (χ2v) is 7.52. The summed E-state index contributed by atoms with van der Waals surface area (Å²) >= 11 is 0. The maximum atomic E-state index is 2.45. The SMILES string of the molecule is CCCCC(CC)CC(C)(C)CC(C)(C)C. The van der Waals surface area contributed by atoms with E-state index < -0.39 is 0 Å². The van der Waals surface area contributed by atoms with Gasteiger partial charge in [0.05, 0.1) is 0 Å². The molecule has 0 aromatic carbocycles. The summed E-state index contributed by atoms with van der Waals surface area (Å²) < 4.78 is 0. The molecule has 0 heteroatoms. The molecule has 0 saturated carbocycles. The van der Waals surface area contributed by atoms with Gasteiger partial charge in [-0.2, -0.15) is 0 Å². The topological polar surface area (TPSA) is 0 Å². The number of hydrogen-bond acceptors (Lipinski definition) is 0. The van der Waals surface area contributed by atoms with Gasteiger partial charge in [-0.05, 0) is 29.6 Å². The molecule has 16 heavy (non-hydrogen) atoms. The van der Waals surface area contributed by atoms with Crippen LogP contribution in [-0.4, -0.2) is 0 Å². The van der Waals surface area contributed by atoms with Gasteiger partial charge in [-0.25, -0.2) is 0 Å². The van der Waals surface area contributed by atoms with Gasteiger partial charge in [0, 0.05) is 0 Å². The van der Waals surface area contributed by atoms with Gasteiger partial charge in [0.15, 0.2) is 0 Å². The standard InChI is InChI=1S/C16H34/c1-8-10-11-14(9-2)12-16(6,7)13-15(3,4)5/h14H,8-13H2,1-7H3. The lowest BCUT2D eigenvalue weighted by molar-refractivity contribution is 0.163. The molecule has 0 saturated heterocycles. The summed E-state index contributed by atoms with van der Waals surface area (Å²) in [6.07, 6.45) is 8.28. The van der Waals surface area contributed by atoms with E-state index in [0.29, 0.717) is 10.8 Å². The summed E-state index contributed by atoms with van der Waals surface area (Å²) in [6.45, 7) is 16.6. The third kappa shape index (κ3) is 8.19. The van der Waals surface area contributed by atoms with E-state index in [2.05, 4.69) is 48.5 Å². The molecular formula is C16H34. The van der Waals surface area contributed by atoms with Crippen molar-refractivity contribution in [1.82, 2.24) is 0 Å². The Hall–Kier alpha value is 0. The molecule has 0 aromatic rings. The first-order valence-corrected chi connectivity index (χ1v) is 7.20. The van der Waals surface area contributed by atoms with E-state index in [1.54, 1.807) is 0 Å². The van der Waals surface area contributed by atoms with Crippen molar-refractivity contribution >= 4 is 0 Å². The van der Waals surface area contributed by atoms with Crippen LogP contribution in [0.2, 0.25) is 0 Å². The van der Waals surface area contributed by atoms with Gasteiger partial charge < -0.3 is 0 Å². The molecule has 0 aliphatic carbocycles. The molecule has 98 valence electrons. The van der Waals surface area contributed by atoms with Gasteiger partial charge in [-0.15, -0.1) is 0 Å². The highest BCUT2D eigenvalue weighted by atomic mass is 14.3. The van der Waals surface area contributed by atoms with Gasteiger partial charge in [0.25, 0.3) is 0 Å². The first-order chi connectivity index (χ1) is 7.20. The van der Waals surface area contributed by atoms with E-state index >= 15 is 0 Å². The van der Waals surface area contributed by atoms with E-state index in [1.807, 2.05) is 0 Å². The number of unbranched alkanes of at least 4 members (excludes halogenated alkanes) is 1. The van der Waals surface area contributed by atoms with Gasteiger partial charge in [-0.1, -0.05) is 74.1 Å². The van der Waals surface area contributed by atoms with Crippen LogP contribution in [0.3, 0.4) is 0 Å². The molecule has 0 rings (SSSR count). The second kappa shape index (κ2) is 6.67. The molecular weight excluding hydrogens is 192 g/mol. The normalized spacial score (nSPS) is 15.2. The van der Waals surface area contributed by atoms with E-state index in [1.165, 1.54) is 38.5 Å². The lowest BCUT2D eigenvalue weighted by atomic mass is 9.71. The maximum Gasteiger partial charge on any atom is -0.0347 e. The zero-order valence-corrected chi connectivity index (χ0v) is 12.8. The first-order valence-electron chi connectivity index (χ1n) is 7.20. The predicted molar refractivity (Wildman–Crippen MR) is 75.8 cm³/mol. The van der Waals surface area contributed by atoms with E-state index in [9.17, 15) is 0 Å². The number of rotatable bonds is 7. The average Bonchev–Trinajstić information content (AvgIpc) is 2.07. The largest absolute Gasteiger partial charge is 0.0654 e. The van der Waals surface area contributed by atoms with Crippen LogP contribution < -0.4 is 0 Å². The van der Waals surface area contributed by atoms with E-state index in [-0.39, 0.29) is 0 Å². The predicted octanol–water partition coefficient (Wildman–Crippen LogP) is 6.06. The molecule has 0 aromatic heterocycles. The van der Waals surface area contributed by atoms with Gasteiger partial charge in [-0.3, -0.25) is 0 Å². The van der Waals surface area contributed by atoms with Crippen LogP contribution in [0.15, 0.2) is 0 Å². The minimum absolute atomic E-state index is 0.465. The highest BCUT2D eigenvalue weighted by Crippen LogP contribution is 2.39. The Labute approximate surface area is 104 Å². The molecule has 0 bridgehead atoms. The fourth-order valence-corrected chi connectivity index (χ4v) is 3.23. The molecule has 0 aliphatic heterocycles. The smallest absolute Gasteiger partial charge is 0.0347 e. The molecule has 0 aliphatic rings. The summed E-state index contributed by atoms with van der Waals surface area (Å²) in [5, 5.41) is 0. The van der Waals surface area contributed by atoms with Crippen molar-refractivity contribution in [3.05, 3.63) is 0 Å². The Morgan fingerprint density at radius 3 is 1.88 bits per heavy atom. The number of hydrogen-bond donors (Lipinski definition) is 0. The summed E-state index contributed by atoms with van der Waals surface area (Å²) in [7, 11) is 0. The molecule has 1 unspecified atom stereocenters. The van der Waals surface area contributed by atoms with Gasteiger partial charge >= 0.3 is 0 Å². The highest BCUT2D eigenvalue weighted by molar-refractivity contribution is 4.78. The summed E-state index contributed by atoms with van der Waals surface area (Å²) in [5.74, 6) is 0.942. The summed E-state index contributed by atoms with van der Waals surface area (Å²) in [6, 6.07) is 0. The van der Waals surface area contributed by atoms with Crippen molar-refractivity contribution in [2.24, 2.45) is 16.7 Å². The van der Waals surface area contributed by atoms with Gasteiger partial charge in [0.1, 0.15) is 0 Å². The molecule has 0 nitrogen and oxygen atoms in total. The summed E-state index contributed by atoms with van der Waals surface area (Å²) in [4.78, 5) is 0. The van der Waals surface area contributed by atoms with Crippen LogP contribution in [0.25, 0.3) is 0 Å². The first kappa shape index (κ1) is 16.0. The quantitative estimate of drug-likeness (QED) is 0.495. The van der Waals surface area contributed by atoms with Crippen molar-refractivity contribution < 1.29 is 0 Å². The fourth-order valence-electron chi connectivity index (χ4n) is 3.23. The molecule has 0 spiro atoms. The minimum Gasteiger partial charge on any atom is -0.0654 e. The summed E-state index contributed by atoms with van der Waals surface area (Å²) in [5.41, 5.74) is 0.971. The molecule has 0 fully saturated rings. The molecule has 0 radical (unpaired) electrons. The van der Waals surface area contributed by atoms with Crippen LogP contribution in [0, 0.1) is 16.7 Å². The van der Waals surface area contributed by atoms with E-state index in [4.69, 9.17) is 0 Å². The Kier molecular flexibility index (Phi) is 6.67. The van der Waals surface area contributed by atoms with Crippen LogP contribution in [0.4, 0.5) is 0 Å².